The first-order valence-electron chi connectivity index (χ1n) is 6.69. The minimum atomic E-state index is -0.688. The third-order valence-electron chi connectivity index (χ3n) is 3.86. The maximum absolute atomic E-state index is 10.5. The maximum atomic E-state index is 10.5. The van der Waals surface area contributed by atoms with Gasteiger partial charge in [0.05, 0.1) is 0 Å². The molecule has 0 aromatic heterocycles. The standard InChI is InChI=1S/C13H26N2O2/c1-4-15-9-7-12(11(2)10-15)14(3)8-5-6-13(16)17/h11-12H,4-10H2,1-3H3,(H,16,17). The Morgan fingerprint density at radius 2 is 2.24 bits per heavy atom. The van der Waals surface area contributed by atoms with E-state index in [1.165, 1.54) is 19.5 Å². The van der Waals surface area contributed by atoms with Crippen LogP contribution in [0.2, 0.25) is 0 Å². The zero-order valence-corrected chi connectivity index (χ0v) is 11.4. The van der Waals surface area contributed by atoms with Crippen LogP contribution in [-0.4, -0.2) is 60.1 Å². The van der Waals surface area contributed by atoms with Gasteiger partial charge in [0.15, 0.2) is 0 Å². The second kappa shape index (κ2) is 6.97. The Hall–Kier alpha value is -0.610. The second-order valence-corrected chi connectivity index (χ2v) is 5.20. The Balaban J connectivity index is 2.31. The van der Waals surface area contributed by atoms with Crippen molar-refractivity contribution in [2.45, 2.75) is 39.2 Å². The molecule has 1 heterocycles. The van der Waals surface area contributed by atoms with Crippen molar-refractivity contribution in [1.29, 1.82) is 0 Å². The van der Waals surface area contributed by atoms with Crippen molar-refractivity contribution in [2.75, 3.05) is 33.2 Å². The summed E-state index contributed by atoms with van der Waals surface area (Å²) in [6, 6.07) is 0.617. The van der Waals surface area contributed by atoms with Crippen LogP contribution in [0.4, 0.5) is 0 Å². The Bertz CT molecular complexity index is 246. The third-order valence-corrected chi connectivity index (χ3v) is 3.86. The van der Waals surface area contributed by atoms with Gasteiger partial charge in [0.2, 0.25) is 0 Å². The Morgan fingerprint density at radius 3 is 2.76 bits per heavy atom. The lowest BCUT2D eigenvalue weighted by Crippen LogP contribution is -2.49. The van der Waals surface area contributed by atoms with E-state index in [0.717, 1.165) is 19.5 Å². The molecule has 0 aromatic carbocycles. The van der Waals surface area contributed by atoms with Gasteiger partial charge in [-0.1, -0.05) is 13.8 Å². The molecular formula is C13H26N2O2. The molecular weight excluding hydrogens is 216 g/mol. The highest BCUT2D eigenvalue weighted by molar-refractivity contribution is 5.66. The van der Waals surface area contributed by atoms with Gasteiger partial charge in [0.1, 0.15) is 0 Å². The van der Waals surface area contributed by atoms with Crippen LogP contribution in [-0.2, 0) is 4.79 Å². The number of carboxylic acid groups (broad SMARTS) is 1. The molecule has 100 valence electrons. The van der Waals surface area contributed by atoms with E-state index in [1.54, 1.807) is 0 Å². The number of piperidine rings is 1. The van der Waals surface area contributed by atoms with Gasteiger partial charge in [-0.25, -0.2) is 0 Å². The van der Waals surface area contributed by atoms with Gasteiger partial charge in [-0.3, -0.25) is 4.79 Å². The molecule has 1 saturated heterocycles. The highest BCUT2D eigenvalue weighted by atomic mass is 16.4. The first kappa shape index (κ1) is 14.5. The average Bonchev–Trinajstić information content (AvgIpc) is 2.28. The summed E-state index contributed by atoms with van der Waals surface area (Å²) in [5.74, 6) is -0.00854. The molecule has 1 fully saturated rings. The van der Waals surface area contributed by atoms with Crippen LogP contribution in [0, 0.1) is 5.92 Å². The topological polar surface area (TPSA) is 43.8 Å². The minimum Gasteiger partial charge on any atom is -0.481 e. The number of nitrogens with zero attached hydrogens (tertiary/aromatic N) is 2. The number of hydrogen-bond acceptors (Lipinski definition) is 3. The van der Waals surface area contributed by atoms with Gasteiger partial charge in [0.25, 0.3) is 0 Å². The van der Waals surface area contributed by atoms with E-state index in [2.05, 4.69) is 30.7 Å². The predicted octanol–water partition coefficient (Wildman–Crippen LogP) is 1.51. The van der Waals surface area contributed by atoms with Crippen molar-refractivity contribution in [3.8, 4) is 0 Å². The Kier molecular flexibility index (Phi) is 5.92. The van der Waals surface area contributed by atoms with Crippen LogP contribution < -0.4 is 0 Å². The van der Waals surface area contributed by atoms with Crippen LogP contribution in [0.3, 0.4) is 0 Å². The lowest BCUT2D eigenvalue weighted by molar-refractivity contribution is -0.137. The summed E-state index contributed by atoms with van der Waals surface area (Å²) in [4.78, 5) is 15.3. The molecule has 1 aliphatic heterocycles. The normalized spacial score (nSPS) is 26.4. The fourth-order valence-corrected chi connectivity index (χ4v) is 2.81. The fraction of sp³-hybridized carbons (Fsp3) is 0.923. The lowest BCUT2D eigenvalue weighted by atomic mass is 9.92. The summed E-state index contributed by atoms with van der Waals surface area (Å²) in [6.45, 7) is 8.90. The molecule has 4 nitrogen and oxygen atoms in total. The minimum absolute atomic E-state index is 0.284. The molecule has 4 heteroatoms. The van der Waals surface area contributed by atoms with Gasteiger partial charge in [-0.2, -0.15) is 0 Å². The number of carboxylic acids is 1. The largest absolute Gasteiger partial charge is 0.481 e. The number of carbonyl (C=O) groups is 1. The van der Waals surface area contributed by atoms with Gasteiger partial charge in [-0.15, -0.1) is 0 Å². The molecule has 0 aromatic rings. The molecule has 1 N–H and O–H groups in total. The molecule has 2 atom stereocenters. The highest BCUT2D eigenvalue weighted by Gasteiger charge is 2.27. The first-order chi connectivity index (χ1) is 8.04. The summed E-state index contributed by atoms with van der Waals surface area (Å²) in [6.07, 6.45) is 2.25. The lowest BCUT2D eigenvalue weighted by Gasteiger charge is -2.41. The van der Waals surface area contributed by atoms with E-state index < -0.39 is 5.97 Å². The molecule has 0 aliphatic carbocycles. The SMILES string of the molecule is CCN1CCC(N(C)CCCC(=O)O)C(C)C1. The van der Waals surface area contributed by atoms with Gasteiger partial charge < -0.3 is 14.9 Å². The molecule has 0 saturated carbocycles. The van der Waals surface area contributed by atoms with Crippen molar-refractivity contribution in [3.05, 3.63) is 0 Å². The summed E-state index contributed by atoms with van der Waals surface area (Å²) < 4.78 is 0. The molecule has 1 aliphatic rings. The fourth-order valence-electron chi connectivity index (χ4n) is 2.81. The zero-order chi connectivity index (χ0) is 12.8. The maximum Gasteiger partial charge on any atom is 0.303 e. The summed E-state index contributed by atoms with van der Waals surface area (Å²) in [5, 5.41) is 8.63. The average molecular weight is 242 g/mol. The highest BCUT2D eigenvalue weighted by Crippen LogP contribution is 2.21. The van der Waals surface area contributed by atoms with Gasteiger partial charge in [0, 0.05) is 19.0 Å². The summed E-state index contributed by atoms with van der Waals surface area (Å²) >= 11 is 0. The van der Waals surface area contributed by atoms with Crippen LogP contribution >= 0.6 is 0 Å². The first-order valence-corrected chi connectivity index (χ1v) is 6.69. The molecule has 0 spiro atoms. The smallest absolute Gasteiger partial charge is 0.303 e. The van der Waals surface area contributed by atoms with Crippen molar-refractivity contribution in [1.82, 2.24) is 9.80 Å². The summed E-state index contributed by atoms with van der Waals surface area (Å²) in [5.41, 5.74) is 0. The van der Waals surface area contributed by atoms with Gasteiger partial charge in [-0.05, 0) is 45.4 Å². The van der Waals surface area contributed by atoms with E-state index in [9.17, 15) is 4.79 Å². The van der Waals surface area contributed by atoms with Crippen LogP contribution in [0.5, 0.6) is 0 Å². The van der Waals surface area contributed by atoms with Crippen molar-refractivity contribution in [2.24, 2.45) is 5.92 Å². The van der Waals surface area contributed by atoms with E-state index >= 15 is 0 Å². The van der Waals surface area contributed by atoms with Crippen molar-refractivity contribution in [3.63, 3.8) is 0 Å². The van der Waals surface area contributed by atoms with E-state index in [-0.39, 0.29) is 6.42 Å². The van der Waals surface area contributed by atoms with Crippen molar-refractivity contribution >= 4 is 5.97 Å². The molecule has 17 heavy (non-hydrogen) atoms. The van der Waals surface area contributed by atoms with Gasteiger partial charge >= 0.3 is 5.97 Å². The third kappa shape index (κ3) is 4.64. The second-order valence-electron chi connectivity index (χ2n) is 5.20. The molecule has 1 rings (SSSR count). The Morgan fingerprint density at radius 1 is 1.53 bits per heavy atom. The molecule has 0 bridgehead atoms. The number of rotatable bonds is 6. The quantitative estimate of drug-likeness (QED) is 0.767. The van der Waals surface area contributed by atoms with Crippen molar-refractivity contribution < 1.29 is 9.90 Å². The van der Waals surface area contributed by atoms with E-state index in [0.29, 0.717) is 12.0 Å². The Labute approximate surface area is 105 Å². The monoisotopic (exact) mass is 242 g/mol. The molecule has 0 radical (unpaired) electrons. The van der Waals surface area contributed by atoms with E-state index in [1.807, 2.05) is 0 Å². The number of hydrogen-bond donors (Lipinski definition) is 1. The number of likely N-dealkylation sites (tertiary alicyclic amines) is 1. The zero-order valence-electron chi connectivity index (χ0n) is 11.4. The van der Waals surface area contributed by atoms with Crippen LogP contribution in [0.25, 0.3) is 0 Å². The number of aliphatic carboxylic acids is 1. The summed E-state index contributed by atoms with van der Waals surface area (Å²) in [7, 11) is 2.13. The van der Waals surface area contributed by atoms with Crippen LogP contribution in [0.1, 0.15) is 33.1 Å². The molecule has 2 unspecified atom stereocenters. The van der Waals surface area contributed by atoms with Crippen LogP contribution in [0.15, 0.2) is 0 Å². The molecule has 0 amide bonds. The predicted molar refractivity (Wildman–Crippen MR) is 69.2 cm³/mol. The van der Waals surface area contributed by atoms with E-state index in [4.69, 9.17) is 5.11 Å².